The van der Waals surface area contributed by atoms with Gasteiger partial charge < -0.3 is 9.80 Å². The third-order valence-electron chi connectivity index (χ3n) is 4.33. The highest BCUT2D eigenvalue weighted by molar-refractivity contribution is 5.98. The number of nitrogens with zero attached hydrogens (tertiary/aromatic N) is 2. The zero-order valence-electron chi connectivity index (χ0n) is 15.5. The minimum Gasteiger partial charge on any atom is -0.337 e. The predicted molar refractivity (Wildman–Crippen MR) is 101 cm³/mol. The lowest BCUT2D eigenvalue weighted by atomic mass is 10.1. The number of hydrogen-bond acceptors (Lipinski definition) is 2. The van der Waals surface area contributed by atoms with E-state index in [9.17, 15) is 9.59 Å². The van der Waals surface area contributed by atoms with E-state index in [-0.39, 0.29) is 18.4 Å². The molecular weight excluding hydrogens is 312 g/mol. The van der Waals surface area contributed by atoms with Gasteiger partial charge in [-0.05, 0) is 37.5 Å². The Morgan fingerprint density at radius 3 is 2.04 bits per heavy atom. The summed E-state index contributed by atoms with van der Waals surface area (Å²) in [7, 11) is 0. The molecule has 0 bridgehead atoms. The van der Waals surface area contributed by atoms with Crippen molar-refractivity contribution in [1.82, 2.24) is 4.90 Å². The summed E-state index contributed by atoms with van der Waals surface area (Å²) in [5.41, 5.74) is 3.90. The lowest BCUT2D eigenvalue weighted by Crippen LogP contribution is -2.42. The summed E-state index contributed by atoms with van der Waals surface area (Å²) in [5.74, 6) is -0.175. The lowest BCUT2D eigenvalue weighted by molar-refractivity contribution is -0.131. The van der Waals surface area contributed by atoms with Crippen molar-refractivity contribution in [2.45, 2.75) is 34.2 Å². The summed E-state index contributed by atoms with van der Waals surface area (Å²) in [6, 6.07) is 15.8. The number of hydrogen-bond donors (Lipinski definition) is 0. The van der Waals surface area contributed by atoms with Crippen LogP contribution in [0.1, 0.15) is 30.5 Å². The molecule has 0 atom stereocenters. The maximum Gasteiger partial charge on any atom is 0.242 e. The van der Waals surface area contributed by atoms with Crippen LogP contribution in [-0.2, 0) is 16.1 Å². The van der Waals surface area contributed by atoms with Gasteiger partial charge in [0.05, 0.1) is 5.69 Å². The summed E-state index contributed by atoms with van der Waals surface area (Å²) in [5, 5.41) is 0. The Labute approximate surface area is 150 Å². The first-order chi connectivity index (χ1) is 11.9. The Morgan fingerprint density at radius 2 is 1.52 bits per heavy atom. The fraction of sp³-hybridized carbons (Fsp3) is 0.333. The Kier molecular flexibility index (Phi) is 6.34. The summed E-state index contributed by atoms with van der Waals surface area (Å²) in [6.45, 7) is 8.60. The molecule has 4 nitrogen and oxygen atoms in total. The van der Waals surface area contributed by atoms with Gasteiger partial charge in [-0.3, -0.25) is 9.59 Å². The van der Waals surface area contributed by atoms with Gasteiger partial charge in [0.25, 0.3) is 0 Å². The minimum atomic E-state index is -0.124. The molecule has 0 N–H and O–H groups in total. The molecule has 132 valence electrons. The van der Waals surface area contributed by atoms with E-state index >= 15 is 0 Å². The van der Waals surface area contributed by atoms with Crippen molar-refractivity contribution in [3.63, 3.8) is 0 Å². The highest BCUT2D eigenvalue weighted by Crippen LogP contribution is 2.25. The van der Waals surface area contributed by atoms with Crippen molar-refractivity contribution >= 4 is 17.5 Å². The van der Waals surface area contributed by atoms with Gasteiger partial charge in [0, 0.05) is 20.0 Å². The van der Waals surface area contributed by atoms with E-state index in [1.165, 1.54) is 6.92 Å². The average Bonchev–Trinajstić information content (AvgIpc) is 2.59. The number of amides is 2. The highest BCUT2D eigenvalue weighted by Gasteiger charge is 2.22. The van der Waals surface area contributed by atoms with Crippen molar-refractivity contribution in [1.29, 1.82) is 0 Å². The fourth-order valence-corrected chi connectivity index (χ4v) is 2.99. The minimum absolute atomic E-state index is 0.0517. The van der Waals surface area contributed by atoms with Crippen LogP contribution in [-0.4, -0.2) is 29.8 Å². The predicted octanol–water partition coefficient (Wildman–Crippen LogP) is 3.71. The Morgan fingerprint density at radius 1 is 0.920 bits per heavy atom. The van der Waals surface area contributed by atoms with E-state index in [0.717, 1.165) is 22.4 Å². The van der Waals surface area contributed by atoms with Gasteiger partial charge in [0.2, 0.25) is 11.8 Å². The first-order valence-corrected chi connectivity index (χ1v) is 8.60. The van der Waals surface area contributed by atoms with Crippen molar-refractivity contribution in [2.75, 3.05) is 18.0 Å². The SMILES string of the molecule is CCN(Cc1ccccc1)C(=O)CN(C(C)=O)c1c(C)cccc1C. The lowest BCUT2D eigenvalue weighted by Gasteiger charge is -2.28. The average molecular weight is 338 g/mol. The van der Waals surface area contributed by atoms with E-state index in [0.29, 0.717) is 13.1 Å². The molecule has 2 amide bonds. The molecule has 0 fully saturated rings. The maximum atomic E-state index is 12.8. The molecule has 0 heterocycles. The number of carbonyl (C=O) groups excluding carboxylic acids is 2. The van der Waals surface area contributed by atoms with Crippen molar-refractivity contribution in [3.8, 4) is 0 Å². The second kappa shape index (κ2) is 8.47. The number of likely N-dealkylation sites (N-methyl/N-ethyl adjacent to an activating group) is 1. The number of rotatable bonds is 6. The second-order valence-corrected chi connectivity index (χ2v) is 6.24. The van der Waals surface area contributed by atoms with Crippen LogP contribution in [0, 0.1) is 13.8 Å². The third-order valence-corrected chi connectivity index (χ3v) is 4.33. The van der Waals surface area contributed by atoms with Crippen LogP contribution in [0.2, 0.25) is 0 Å². The van der Waals surface area contributed by atoms with Gasteiger partial charge in [-0.2, -0.15) is 0 Å². The van der Waals surface area contributed by atoms with Crippen LogP contribution >= 0.6 is 0 Å². The van der Waals surface area contributed by atoms with Gasteiger partial charge in [0.15, 0.2) is 0 Å². The molecule has 0 aromatic heterocycles. The summed E-state index contributed by atoms with van der Waals surface area (Å²) < 4.78 is 0. The van der Waals surface area contributed by atoms with E-state index in [1.54, 1.807) is 9.80 Å². The van der Waals surface area contributed by atoms with Crippen LogP contribution in [0.4, 0.5) is 5.69 Å². The van der Waals surface area contributed by atoms with Crippen molar-refractivity contribution in [2.24, 2.45) is 0 Å². The standard InChI is InChI=1S/C21H26N2O2/c1-5-22(14-19-12-7-6-8-13-19)20(25)15-23(18(4)24)21-16(2)10-9-11-17(21)3/h6-13H,5,14-15H2,1-4H3. The van der Waals surface area contributed by atoms with E-state index < -0.39 is 0 Å². The van der Waals surface area contributed by atoms with Gasteiger partial charge in [-0.25, -0.2) is 0 Å². The molecule has 25 heavy (non-hydrogen) atoms. The molecule has 0 saturated heterocycles. The van der Waals surface area contributed by atoms with Gasteiger partial charge in [0.1, 0.15) is 6.54 Å². The second-order valence-electron chi connectivity index (χ2n) is 6.24. The van der Waals surface area contributed by atoms with Gasteiger partial charge in [-0.1, -0.05) is 48.5 Å². The van der Waals surface area contributed by atoms with Crippen LogP contribution in [0.15, 0.2) is 48.5 Å². The summed E-state index contributed by atoms with van der Waals surface area (Å²) in [4.78, 5) is 28.4. The Balaban J connectivity index is 2.20. The molecule has 2 aromatic rings. The zero-order chi connectivity index (χ0) is 18.4. The molecule has 0 aliphatic rings. The monoisotopic (exact) mass is 338 g/mol. The van der Waals surface area contributed by atoms with Crippen molar-refractivity contribution in [3.05, 3.63) is 65.2 Å². The molecule has 0 unspecified atom stereocenters. The molecule has 0 radical (unpaired) electrons. The first kappa shape index (κ1) is 18.7. The number of para-hydroxylation sites is 1. The fourth-order valence-electron chi connectivity index (χ4n) is 2.99. The molecular formula is C21H26N2O2. The van der Waals surface area contributed by atoms with E-state index in [2.05, 4.69) is 0 Å². The summed E-state index contributed by atoms with van der Waals surface area (Å²) >= 11 is 0. The molecule has 4 heteroatoms. The molecule has 0 aliphatic carbocycles. The number of anilines is 1. The smallest absolute Gasteiger partial charge is 0.242 e. The summed E-state index contributed by atoms with van der Waals surface area (Å²) in [6.07, 6.45) is 0. The Bertz CT molecular complexity index is 721. The number of carbonyl (C=O) groups is 2. The van der Waals surface area contributed by atoms with Crippen LogP contribution in [0.3, 0.4) is 0 Å². The van der Waals surface area contributed by atoms with E-state index in [1.807, 2.05) is 69.3 Å². The van der Waals surface area contributed by atoms with Crippen LogP contribution in [0.25, 0.3) is 0 Å². The van der Waals surface area contributed by atoms with Gasteiger partial charge in [-0.15, -0.1) is 0 Å². The zero-order valence-corrected chi connectivity index (χ0v) is 15.5. The molecule has 2 aromatic carbocycles. The van der Waals surface area contributed by atoms with Gasteiger partial charge >= 0.3 is 0 Å². The highest BCUT2D eigenvalue weighted by atomic mass is 16.2. The maximum absolute atomic E-state index is 12.8. The molecule has 0 spiro atoms. The normalized spacial score (nSPS) is 10.4. The molecule has 0 aliphatic heterocycles. The third kappa shape index (κ3) is 4.69. The molecule has 2 rings (SSSR count). The topological polar surface area (TPSA) is 40.6 Å². The quantitative estimate of drug-likeness (QED) is 0.806. The van der Waals surface area contributed by atoms with Crippen LogP contribution in [0.5, 0.6) is 0 Å². The van der Waals surface area contributed by atoms with Crippen LogP contribution < -0.4 is 4.90 Å². The van der Waals surface area contributed by atoms with Crippen molar-refractivity contribution < 1.29 is 9.59 Å². The first-order valence-electron chi connectivity index (χ1n) is 8.60. The molecule has 0 saturated carbocycles. The Hall–Kier alpha value is -2.62. The number of benzene rings is 2. The van der Waals surface area contributed by atoms with E-state index in [4.69, 9.17) is 0 Å². The number of aryl methyl sites for hydroxylation is 2. The largest absolute Gasteiger partial charge is 0.337 e.